The fraction of sp³-hybridized carbons (Fsp3) is 0.514. The fourth-order valence-electron chi connectivity index (χ4n) is 7.65. The molecule has 0 radical (unpaired) electrons. The van der Waals surface area contributed by atoms with Crippen molar-refractivity contribution in [2.24, 2.45) is 17.8 Å². The first-order valence-electron chi connectivity index (χ1n) is 15.2. The van der Waals surface area contributed by atoms with Gasteiger partial charge in [0, 0.05) is 49.7 Å². The number of carbonyl (C=O) groups excluding carboxylic acids is 1. The number of methoxy groups -OCH3 is 1. The number of fused-ring (bicyclic) bond motifs is 2. The molecular weight excluding hydrogens is 496 g/mol. The largest absolute Gasteiger partial charge is 0.508 e. The van der Waals surface area contributed by atoms with Crippen molar-refractivity contribution in [3.63, 3.8) is 0 Å². The minimum Gasteiger partial charge on any atom is -0.508 e. The van der Waals surface area contributed by atoms with Crippen molar-refractivity contribution in [2.45, 2.75) is 63.5 Å². The summed E-state index contributed by atoms with van der Waals surface area (Å²) in [5.74, 6) is 1.94. The van der Waals surface area contributed by atoms with Gasteiger partial charge in [-0.05, 0) is 91.1 Å². The zero-order valence-corrected chi connectivity index (χ0v) is 24.3. The molecule has 3 aromatic carbocycles. The Kier molecular flexibility index (Phi) is 7.62. The lowest BCUT2D eigenvalue weighted by atomic mass is 9.56. The van der Waals surface area contributed by atoms with Crippen LogP contribution in [0.5, 0.6) is 5.75 Å². The third-order valence-electron chi connectivity index (χ3n) is 9.79. The Bertz CT molecular complexity index is 1350. The number of hydrogen-bond acceptors (Lipinski definition) is 4. The molecule has 2 saturated carbocycles. The molecule has 3 aromatic rings. The Morgan fingerprint density at radius 3 is 2.60 bits per heavy atom. The molecule has 1 aliphatic heterocycles. The van der Waals surface area contributed by atoms with Gasteiger partial charge >= 0.3 is 0 Å². The van der Waals surface area contributed by atoms with Crippen LogP contribution in [0, 0.1) is 17.8 Å². The molecule has 0 spiro atoms. The summed E-state index contributed by atoms with van der Waals surface area (Å²) in [4.78, 5) is 19.1. The van der Waals surface area contributed by atoms with Crippen LogP contribution in [0.15, 0.2) is 66.7 Å². The SMILES string of the molecule is COC1CC(N(CC(C)C)C(=O)c2ccc3ccccc3c2)CC2(c3cccc(O)c3)CCN(CC3CC3)CC12. The van der Waals surface area contributed by atoms with Crippen LogP contribution in [0.1, 0.15) is 61.9 Å². The van der Waals surface area contributed by atoms with Gasteiger partial charge in [0.25, 0.3) is 5.91 Å². The van der Waals surface area contributed by atoms with Gasteiger partial charge in [-0.3, -0.25) is 4.79 Å². The Balaban J connectivity index is 1.37. The van der Waals surface area contributed by atoms with Crippen molar-refractivity contribution in [1.82, 2.24) is 9.80 Å². The maximum absolute atomic E-state index is 14.3. The Morgan fingerprint density at radius 2 is 1.88 bits per heavy atom. The summed E-state index contributed by atoms with van der Waals surface area (Å²) < 4.78 is 6.31. The predicted octanol–water partition coefficient (Wildman–Crippen LogP) is 6.49. The fourth-order valence-corrected chi connectivity index (χ4v) is 7.65. The zero-order chi connectivity index (χ0) is 27.9. The number of amides is 1. The van der Waals surface area contributed by atoms with Crippen molar-refractivity contribution in [1.29, 1.82) is 0 Å². The lowest BCUT2D eigenvalue weighted by Gasteiger charge is -2.57. The van der Waals surface area contributed by atoms with Crippen LogP contribution < -0.4 is 0 Å². The minimum atomic E-state index is -0.152. The molecular formula is C35H44N2O3. The molecule has 1 N–H and O–H groups in total. The average molecular weight is 541 g/mol. The smallest absolute Gasteiger partial charge is 0.254 e. The molecule has 1 heterocycles. The predicted molar refractivity (Wildman–Crippen MR) is 161 cm³/mol. The lowest BCUT2D eigenvalue weighted by Crippen LogP contribution is -2.62. The molecule has 0 bridgehead atoms. The monoisotopic (exact) mass is 540 g/mol. The molecule has 0 aromatic heterocycles. The number of nitrogens with zero attached hydrogens (tertiary/aromatic N) is 2. The van der Waals surface area contributed by atoms with Gasteiger partial charge in [-0.25, -0.2) is 0 Å². The molecule has 2 aliphatic carbocycles. The van der Waals surface area contributed by atoms with E-state index in [4.69, 9.17) is 4.74 Å². The van der Waals surface area contributed by atoms with Crippen molar-refractivity contribution in [3.8, 4) is 5.75 Å². The molecule has 4 unspecified atom stereocenters. The van der Waals surface area contributed by atoms with E-state index in [1.54, 1.807) is 6.07 Å². The zero-order valence-electron chi connectivity index (χ0n) is 24.3. The summed E-state index contributed by atoms with van der Waals surface area (Å²) in [5, 5.41) is 12.8. The van der Waals surface area contributed by atoms with E-state index >= 15 is 0 Å². The molecule has 4 atom stereocenters. The molecule has 3 aliphatic rings. The summed E-state index contributed by atoms with van der Waals surface area (Å²) in [7, 11) is 1.85. The summed E-state index contributed by atoms with van der Waals surface area (Å²) in [5.41, 5.74) is 1.79. The number of phenols is 1. The first-order valence-corrected chi connectivity index (χ1v) is 15.2. The average Bonchev–Trinajstić information content (AvgIpc) is 3.78. The van der Waals surface area contributed by atoms with Crippen LogP contribution in [0.25, 0.3) is 10.8 Å². The highest BCUT2D eigenvalue weighted by molar-refractivity contribution is 5.98. The summed E-state index contributed by atoms with van der Waals surface area (Å²) in [6.45, 7) is 8.35. The number of rotatable bonds is 8. The lowest BCUT2D eigenvalue weighted by molar-refractivity contribution is -0.0824. The highest BCUT2D eigenvalue weighted by atomic mass is 16.5. The standard InChI is InChI=1S/C35H44N2O3/c1-24(2)21-37(34(39)28-14-13-26-7-4-5-8-27(26)17-28)30-19-33(40-3)32-23-36(22-25-11-12-25)16-15-35(32,20-30)29-9-6-10-31(38)18-29/h4-10,13-14,17-18,24-25,30,32-33,38H,11-12,15-16,19-23H2,1-3H3. The second kappa shape index (κ2) is 11.2. The van der Waals surface area contributed by atoms with Gasteiger partial charge in [-0.1, -0.05) is 56.3 Å². The summed E-state index contributed by atoms with van der Waals surface area (Å²) >= 11 is 0. The first-order chi connectivity index (χ1) is 19.4. The van der Waals surface area contributed by atoms with Gasteiger partial charge in [0.05, 0.1) is 6.10 Å². The number of carbonyl (C=O) groups is 1. The summed E-state index contributed by atoms with van der Waals surface area (Å²) in [6, 6.07) is 22.3. The van der Waals surface area contributed by atoms with Crippen molar-refractivity contribution >= 4 is 16.7 Å². The number of ether oxygens (including phenoxy) is 1. The van der Waals surface area contributed by atoms with Crippen LogP contribution >= 0.6 is 0 Å². The van der Waals surface area contributed by atoms with Crippen molar-refractivity contribution in [3.05, 3.63) is 77.9 Å². The van der Waals surface area contributed by atoms with E-state index in [9.17, 15) is 9.90 Å². The van der Waals surface area contributed by atoms with E-state index in [1.807, 2.05) is 43.5 Å². The third kappa shape index (κ3) is 5.38. The number of hydrogen-bond donors (Lipinski definition) is 1. The number of phenolic OH excluding ortho intramolecular Hbond substituents is 1. The number of benzene rings is 3. The number of aromatic hydroxyl groups is 1. The molecule has 5 nitrogen and oxygen atoms in total. The molecule has 40 heavy (non-hydrogen) atoms. The minimum absolute atomic E-state index is 0.0437. The molecule has 6 rings (SSSR count). The van der Waals surface area contributed by atoms with Gasteiger partial charge in [0.2, 0.25) is 0 Å². The van der Waals surface area contributed by atoms with E-state index in [2.05, 4.69) is 47.9 Å². The second-order valence-electron chi connectivity index (χ2n) is 13.0. The molecule has 5 heteroatoms. The maximum atomic E-state index is 14.3. The normalized spacial score (nSPS) is 27.1. The van der Waals surface area contributed by atoms with Gasteiger partial charge in [0.15, 0.2) is 0 Å². The van der Waals surface area contributed by atoms with E-state index in [0.29, 0.717) is 24.1 Å². The molecule has 212 valence electrons. The Morgan fingerprint density at radius 1 is 1.07 bits per heavy atom. The second-order valence-corrected chi connectivity index (χ2v) is 13.0. The van der Waals surface area contributed by atoms with E-state index in [0.717, 1.165) is 54.6 Å². The van der Waals surface area contributed by atoms with E-state index in [1.165, 1.54) is 24.9 Å². The van der Waals surface area contributed by atoms with Gasteiger partial charge in [-0.15, -0.1) is 0 Å². The topological polar surface area (TPSA) is 53.0 Å². The van der Waals surface area contributed by atoms with Gasteiger partial charge in [0.1, 0.15) is 5.75 Å². The summed E-state index contributed by atoms with van der Waals surface area (Å²) in [6.07, 6.45) is 5.51. The molecule has 1 saturated heterocycles. The van der Waals surface area contributed by atoms with Crippen LogP contribution in [0.2, 0.25) is 0 Å². The Labute approximate surface area is 239 Å². The van der Waals surface area contributed by atoms with E-state index in [-0.39, 0.29) is 23.5 Å². The Hall–Kier alpha value is -2.89. The van der Waals surface area contributed by atoms with Gasteiger partial charge in [-0.2, -0.15) is 0 Å². The van der Waals surface area contributed by atoms with E-state index < -0.39 is 0 Å². The van der Waals surface area contributed by atoms with Gasteiger partial charge < -0.3 is 19.6 Å². The third-order valence-corrected chi connectivity index (χ3v) is 9.79. The highest BCUT2D eigenvalue weighted by Gasteiger charge is 2.54. The number of likely N-dealkylation sites (tertiary alicyclic amines) is 1. The quantitative estimate of drug-likeness (QED) is 0.355. The van der Waals surface area contributed by atoms with Crippen molar-refractivity contribution in [2.75, 3.05) is 33.3 Å². The van der Waals surface area contributed by atoms with Crippen LogP contribution in [-0.4, -0.2) is 66.2 Å². The van der Waals surface area contributed by atoms with Crippen LogP contribution in [-0.2, 0) is 10.2 Å². The highest BCUT2D eigenvalue weighted by Crippen LogP contribution is 2.52. The molecule has 3 fully saturated rings. The van der Waals surface area contributed by atoms with Crippen molar-refractivity contribution < 1.29 is 14.6 Å². The number of piperidine rings is 1. The van der Waals surface area contributed by atoms with Crippen LogP contribution in [0.4, 0.5) is 0 Å². The molecule has 1 amide bonds. The first kappa shape index (κ1) is 27.3. The maximum Gasteiger partial charge on any atom is 0.254 e. The van der Waals surface area contributed by atoms with Crippen LogP contribution in [0.3, 0.4) is 0 Å².